The second-order valence-electron chi connectivity index (χ2n) is 4.81. The SMILES string of the molecule is CC(NC(=O)c1cc(N)c(F)cc1Br)C1CCC1. The average Bonchev–Trinajstić information content (AvgIpc) is 2.20. The maximum absolute atomic E-state index is 13.2. The molecule has 0 aromatic heterocycles. The number of hydrogen-bond acceptors (Lipinski definition) is 2. The number of nitrogen functional groups attached to an aromatic ring is 1. The van der Waals surface area contributed by atoms with Crippen LogP contribution in [-0.2, 0) is 0 Å². The van der Waals surface area contributed by atoms with E-state index in [0.29, 0.717) is 16.0 Å². The fraction of sp³-hybridized carbons (Fsp3) is 0.462. The summed E-state index contributed by atoms with van der Waals surface area (Å²) in [4.78, 5) is 12.1. The number of halogens is 2. The van der Waals surface area contributed by atoms with Gasteiger partial charge in [-0.25, -0.2) is 4.39 Å². The topological polar surface area (TPSA) is 55.1 Å². The number of amides is 1. The van der Waals surface area contributed by atoms with E-state index in [1.54, 1.807) is 0 Å². The van der Waals surface area contributed by atoms with E-state index >= 15 is 0 Å². The van der Waals surface area contributed by atoms with Gasteiger partial charge in [-0.15, -0.1) is 0 Å². The van der Waals surface area contributed by atoms with Crippen molar-refractivity contribution in [1.29, 1.82) is 0 Å². The normalized spacial score (nSPS) is 17.1. The largest absolute Gasteiger partial charge is 0.396 e. The minimum absolute atomic E-state index is 0.0142. The maximum Gasteiger partial charge on any atom is 0.252 e. The molecule has 1 unspecified atom stereocenters. The van der Waals surface area contributed by atoms with Crippen molar-refractivity contribution in [1.82, 2.24) is 5.32 Å². The molecule has 3 nitrogen and oxygen atoms in total. The molecule has 1 aromatic carbocycles. The van der Waals surface area contributed by atoms with Crippen molar-refractivity contribution < 1.29 is 9.18 Å². The molecule has 0 saturated heterocycles. The fourth-order valence-corrected chi connectivity index (χ4v) is 2.58. The lowest BCUT2D eigenvalue weighted by molar-refractivity contribution is 0.0908. The van der Waals surface area contributed by atoms with E-state index in [-0.39, 0.29) is 17.6 Å². The van der Waals surface area contributed by atoms with Crippen LogP contribution in [0.5, 0.6) is 0 Å². The molecule has 5 heteroatoms. The Bertz CT molecular complexity index is 474. The van der Waals surface area contributed by atoms with Crippen molar-refractivity contribution >= 4 is 27.5 Å². The Morgan fingerprint density at radius 1 is 1.56 bits per heavy atom. The molecule has 0 aliphatic heterocycles. The first kappa shape index (κ1) is 13.3. The van der Waals surface area contributed by atoms with Gasteiger partial charge in [-0.1, -0.05) is 6.42 Å². The van der Waals surface area contributed by atoms with Gasteiger partial charge in [0.05, 0.1) is 11.3 Å². The Morgan fingerprint density at radius 2 is 2.22 bits per heavy atom. The van der Waals surface area contributed by atoms with Crippen LogP contribution in [0.25, 0.3) is 0 Å². The maximum atomic E-state index is 13.2. The molecule has 0 spiro atoms. The quantitative estimate of drug-likeness (QED) is 0.842. The first-order valence-electron chi connectivity index (χ1n) is 6.04. The number of carbonyl (C=O) groups is 1. The van der Waals surface area contributed by atoms with Crippen molar-refractivity contribution in [2.45, 2.75) is 32.2 Å². The molecule has 3 N–H and O–H groups in total. The summed E-state index contributed by atoms with van der Waals surface area (Å²) in [5.74, 6) is -0.177. The highest BCUT2D eigenvalue weighted by molar-refractivity contribution is 9.10. The zero-order valence-electron chi connectivity index (χ0n) is 10.2. The summed E-state index contributed by atoms with van der Waals surface area (Å²) < 4.78 is 13.6. The summed E-state index contributed by atoms with van der Waals surface area (Å²) in [6.07, 6.45) is 3.56. The van der Waals surface area contributed by atoms with Gasteiger partial charge in [0, 0.05) is 10.5 Å². The van der Waals surface area contributed by atoms with Gasteiger partial charge in [0.25, 0.3) is 5.91 Å². The second-order valence-corrected chi connectivity index (χ2v) is 5.66. The van der Waals surface area contributed by atoms with Gasteiger partial charge in [0.15, 0.2) is 0 Å². The van der Waals surface area contributed by atoms with Gasteiger partial charge in [-0.05, 0) is 53.7 Å². The summed E-state index contributed by atoms with van der Waals surface area (Å²) in [6.45, 7) is 2.00. The number of nitrogens with one attached hydrogen (secondary N) is 1. The predicted molar refractivity (Wildman–Crippen MR) is 72.8 cm³/mol. The molecule has 1 amide bonds. The van der Waals surface area contributed by atoms with Crippen molar-refractivity contribution in [3.63, 3.8) is 0 Å². The van der Waals surface area contributed by atoms with Crippen LogP contribution in [0.3, 0.4) is 0 Å². The minimum Gasteiger partial charge on any atom is -0.396 e. The van der Waals surface area contributed by atoms with Crippen LogP contribution in [0.2, 0.25) is 0 Å². The van der Waals surface area contributed by atoms with Crippen molar-refractivity contribution in [2.75, 3.05) is 5.73 Å². The third kappa shape index (κ3) is 2.66. The van der Waals surface area contributed by atoms with Gasteiger partial charge in [0.2, 0.25) is 0 Å². The molecule has 0 radical (unpaired) electrons. The molecular formula is C13H16BrFN2O. The van der Waals surface area contributed by atoms with Crippen LogP contribution in [0, 0.1) is 11.7 Å². The zero-order valence-corrected chi connectivity index (χ0v) is 11.8. The van der Waals surface area contributed by atoms with E-state index < -0.39 is 5.82 Å². The summed E-state index contributed by atoms with van der Waals surface area (Å²) in [5.41, 5.74) is 5.84. The Labute approximate surface area is 114 Å². The Kier molecular flexibility index (Phi) is 3.90. The van der Waals surface area contributed by atoms with E-state index in [4.69, 9.17) is 5.73 Å². The first-order chi connectivity index (χ1) is 8.49. The van der Waals surface area contributed by atoms with E-state index in [1.807, 2.05) is 6.92 Å². The molecule has 0 heterocycles. The van der Waals surface area contributed by atoms with Crippen molar-refractivity contribution in [3.8, 4) is 0 Å². The third-order valence-corrected chi connectivity index (χ3v) is 4.20. The lowest BCUT2D eigenvalue weighted by Crippen LogP contribution is -2.40. The van der Waals surface area contributed by atoms with E-state index in [0.717, 1.165) is 12.8 Å². The van der Waals surface area contributed by atoms with Crippen molar-refractivity contribution in [3.05, 3.63) is 28.0 Å². The first-order valence-corrected chi connectivity index (χ1v) is 6.83. The van der Waals surface area contributed by atoms with Crippen LogP contribution in [0.1, 0.15) is 36.5 Å². The molecule has 1 aromatic rings. The Morgan fingerprint density at radius 3 is 2.78 bits per heavy atom. The van der Waals surface area contributed by atoms with Crippen LogP contribution in [-0.4, -0.2) is 11.9 Å². The highest BCUT2D eigenvalue weighted by atomic mass is 79.9. The monoisotopic (exact) mass is 314 g/mol. The van der Waals surface area contributed by atoms with Gasteiger partial charge in [-0.3, -0.25) is 4.79 Å². The third-order valence-electron chi connectivity index (χ3n) is 3.55. The standard InChI is InChI=1S/C13H16BrFN2O/c1-7(8-3-2-4-8)17-13(18)9-5-12(16)11(15)6-10(9)14/h5-8H,2-4,16H2,1H3,(H,17,18). The summed E-state index contributed by atoms with van der Waals surface area (Å²) >= 11 is 3.18. The molecule has 1 atom stereocenters. The van der Waals surface area contributed by atoms with Gasteiger partial charge >= 0.3 is 0 Å². The highest BCUT2D eigenvalue weighted by Gasteiger charge is 2.26. The number of hydrogen-bond donors (Lipinski definition) is 2. The number of carbonyl (C=O) groups excluding carboxylic acids is 1. The summed E-state index contributed by atoms with van der Waals surface area (Å²) in [6, 6.07) is 2.73. The van der Waals surface area contributed by atoms with Crippen LogP contribution in [0.15, 0.2) is 16.6 Å². The fourth-order valence-electron chi connectivity index (χ4n) is 2.08. The average molecular weight is 315 g/mol. The Hall–Kier alpha value is -1.10. The molecule has 0 bridgehead atoms. The van der Waals surface area contributed by atoms with Crippen LogP contribution in [0.4, 0.5) is 10.1 Å². The smallest absolute Gasteiger partial charge is 0.252 e. The summed E-state index contributed by atoms with van der Waals surface area (Å²) in [7, 11) is 0. The van der Waals surface area contributed by atoms with Crippen LogP contribution < -0.4 is 11.1 Å². The molecule has 98 valence electrons. The molecule has 1 fully saturated rings. The molecule has 1 aliphatic carbocycles. The number of anilines is 1. The molecular weight excluding hydrogens is 299 g/mol. The molecule has 1 aliphatic rings. The minimum atomic E-state index is -0.523. The van der Waals surface area contributed by atoms with Crippen molar-refractivity contribution in [2.24, 2.45) is 5.92 Å². The van der Waals surface area contributed by atoms with E-state index in [1.165, 1.54) is 18.6 Å². The number of benzene rings is 1. The van der Waals surface area contributed by atoms with Gasteiger partial charge in [0.1, 0.15) is 5.82 Å². The van der Waals surface area contributed by atoms with E-state index in [2.05, 4.69) is 21.2 Å². The lowest BCUT2D eigenvalue weighted by Gasteiger charge is -2.32. The summed E-state index contributed by atoms with van der Waals surface area (Å²) in [5, 5.41) is 2.94. The van der Waals surface area contributed by atoms with Gasteiger partial charge < -0.3 is 11.1 Å². The molecule has 18 heavy (non-hydrogen) atoms. The van der Waals surface area contributed by atoms with E-state index in [9.17, 15) is 9.18 Å². The number of nitrogens with two attached hydrogens (primary N) is 1. The Balaban J connectivity index is 2.10. The number of rotatable bonds is 3. The zero-order chi connectivity index (χ0) is 13.3. The van der Waals surface area contributed by atoms with Gasteiger partial charge in [-0.2, -0.15) is 0 Å². The predicted octanol–water partition coefficient (Wildman–Crippen LogP) is 3.09. The van der Waals surface area contributed by atoms with Crippen LogP contribution >= 0.6 is 15.9 Å². The highest BCUT2D eigenvalue weighted by Crippen LogP contribution is 2.30. The second kappa shape index (κ2) is 5.26. The lowest BCUT2D eigenvalue weighted by atomic mass is 9.80. The molecule has 2 rings (SSSR count). The molecule has 1 saturated carbocycles.